The second-order valence-corrected chi connectivity index (χ2v) is 5.50. The smallest absolute Gasteiger partial charge is 0.371 e. The Balaban J connectivity index is 1.85. The van der Waals surface area contributed by atoms with E-state index in [9.17, 15) is 18.0 Å². The van der Waals surface area contributed by atoms with Crippen LogP contribution in [-0.2, 0) is 6.54 Å². The Morgan fingerprint density at radius 2 is 1.69 bits per heavy atom. The summed E-state index contributed by atoms with van der Waals surface area (Å²) >= 11 is 0. The lowest BCUT2D eigenvalue weighted by atomic mass is 10.1. The predicted octanol–water partition coefficient (Wildman–Crippen LogP) is 2.96. The highest BCUT2D eigenvalue weighted by Gasteiger charge is 2.32. The number of alkyl halides is 3. The van der Waals surface area contributed by atoms with Crippen molar-refractivity contribution in [3.05, 3.63) is 70.3 Å². The lowest BCUT2D eigenvalue weighted by Gasteiger charge is -2.09. The van der Waals surface area contributed by atoms with Gasteiger partial charge in [-0.15, -0.1) is 13.2 Å². The summed E-state index contributed by atoms with van der Waals surface area (Å²) in [6.45, 7) is 2.23. The van der Waals surface area contributed by atoms with Crippen molar-refractivity contribution in [1.82, 2.24) is 19.7 Å². The molecule has 0 amide bonds. The maximum Gasteiger partial charge on any atom is 0.575 e. The van der Waals surface area contributed by atoms with Crippen LogP contribution in [0.3, 0.4) is 0 Å². The third-order valence-corrected chi connectivity index (χ3v) is 3.45. The Labute approximate surface area is 145 Å². The second kappa shape index (κ2) is 6.95. The molecular formula is C17H13F3N4O2. The Morgan fingerprint density at radius 3 is 2.31 bits per heavy atom. The van der Waals surface area contributed by atoms with Gasteiger partial charge >= 0.3 is 12.4 Å². The van der Waals surface area contributed by atoms with Gasteiger partial charge in [0.25, 0.3) is 5.56 Å². The highest BCUT2D eigenvalue weighted by atomic mass is 19.4. The number of hydrogen-bond acceptors (Lipinski definition) is 5. The monoisotopic (exact) mass is 362 g/mol. The van der Waals surface area contributed by atoms with Crippen molar-refractivity contribution in [3.63, 3.8) is 0 Å². The van der Waals surface area contributed by atoms with Crippen molar-refractivity contribution in [1.29, 1.82) is 0 Å². The Morgan fingerprint density at radius 1 is 1.04 bits per heavy atom. The van der Waals surface area contributed by atoms with Crippen molar-refractivity contribution < 1.29 is 17.9 Å². The second-order valence-electron chi connectivity index (χ2n) is 5.50. The van der Waals surface area contributed by atoms with Gasteiger partial charge in [0.15, 0.2) is 0 Å². The van der Waals surface area contributed by atoms with E-state index in [4.69, 9.17) is 0 Å². The third kappa shape index (κ3) is 4.44. The van der Waals surface area contributed by atoms with Crippen LogP contribution in [0.2, 0.25) is 0 Å². The van der Waals surface area contributed by atoms with Crippen molar-refractivity contribution >= 4 is 0 Å². The normalized spacial score (nSPS) is 11.4. The molecule has 26 heavy (non-hydrogen) atoms. The van der Waals surface area contributed by atoms with Crippen LogP contribution in [0.25, 0.3) is 11.3 Å². The summed E-state index contributed by atoms with van der Waals surface area (Å²) in [6, 6.07) is 9.61. The lowest BCUT2D eigenvalue weighted by Crippen LogP contribution is -2.23. The number of aromatic nitrogens is 4. The van der Waals surface area contributed by atoms with Crippen molar-refractivity contribution in [2.75, 3.05) is 0 Å². The van der Waals surface area contributed by atoms with Gasteiger partial charge in [-0.25, -0.2) is 14.6 Å². The molecule has 3 aromatic rings. The summed E-state index contributed by atoms with van der Waals surface area (Å²) in [5.74, 6) is 0. The summed E-state index contributed by atoms with van der Waals surface area (Å²) < 4.78 is 41.3. The molecule has 3 rings (SSSR count). The first-order valence-corrected chi connectivity index (χ1v) is 7.52. The Hall–Kier alpha value is -3.23. The molecule has 0 fully saturated rings. The Kier molecular flexibility index (Phi) is 4.70. The predicted molar refractivity (Wildman–Crippen MR) is 86.5 cm³/mol. The molecule has 0 aliphatic heterocycles. The summed E-state index contributed by atoms with van der Waals surface area (Å²) in [4.78, 5) is 19.0. The molecule has 0 atom stereocenters. The van der Waals surface area contributed by atoms with Crippen LogP contribution in [0.1, 0.15) is 11.1 Å². The number of benzene rings is 1. The summed E-state index contributed by atoms with van der Waals surface area (Å²) in [5, 5.41) is 4.23. The van der Waals surface area contributed by atoms with E-state index in [0.717, 1.165) is 23.5 Å². The zero-order chi connectivity index (χ0) is 18.7. The average Bonchev–Trinajstić information content (AvgIpc) is 2.58. The summed E-state index contributed by atoms with van der Waals surface area (Å²) in [7, 11) is 0. The molecule has 0 radical (unpaired) electrons. The van der Waals surface area contributed by atoms with Crippen molar-refractivity contribution in [3.8, 4) is 17.3 Å². The van der Waals surface area contributed by atoms with Gasteiger partial charge in [-0.1, -0.05) is 29.8 Å². The number of aryl methyl sites for hydroxylation is 1. The van der Waals surface area contributed by atoms with Crippen LogP contribution in [-0.4, -0.2) is 26.1 Å². The van der Waals surface area contributed by atoms with Crippen molar-refractivity contribution in [2.24, 2.45) is 0 Å². The van der Waals surface area contributed by atoms with Crippen LogP contribution in [0.4, 0.5) is 13.2 Å². The number of halogens is 3. The number of hydrogen-bond donors (Lipinski definition) is 0. The highest BCUT2D eigenvalue weighted by Crippen LogP contribution is 2.20. The average molecular weight is 362 g/mol. The molecule has 9 heteroatoms. The van der Waals surface area contributed by atoms with Gasteiger partial charge in [-0.2, -0.15) is 5.10 Å². The molecule has 0 saturated carbocycles. The number of nitrogens with zero attached hydrogens (tertiary/aromatic N) is 4. The van der Waals surface area contributed by atoms with E-state index in [-0.39, 0.29) is 12.1 Å². The molecular weight excluding hydrogens is 349 g/mol. The largest absolute Gasteiger partial charge is 0.575 e. The van der Waals surface area contributed by atoms with Gasteiger partial charge in [-0.05, 0) is 18.6 Å². The minimum absolute atomic E-state index is 0.267. The van der Waals surface area contributed by atoms with Gasteiger partial charge in [0.1, 0.15) is 0 Å². The first kappa shape index (κ1) is 17.6. The van der Waals surface area contributed by atoms with Crippen LogP contribution < -0.4 is 10.3 Å². The summed E-state index contributed by atoms with van der Waals surface area (Å²) in [6.07, 6.45) is -2.56. The minimum Gasteiger partial charge on any atom is -0.371 e. The fourth-order valence-corrected chi connectivity index (χ4v) is 2.19. The lowest BCUT2D eigenvalue weighted by molar-refractivity contribution is -0.277. The van der Waals surface area contributed by atoms with Gasteiger partial charge in [0.05, 0.1) is 12.2 Å². The molecule has 0 aliphatic rings. The van der Waals surface area contributed by atoms with E-state index in [1.165, 1.54) is 16.8 Å². The third-order valence-electron chi connectivity index (χ3n) is 3.45. The van der Waals surface area contributed by atoms with Crippen LogP contribution in [0.5, 0.6) is 6.01 Å². The molecule has 6 nitrogen and oxygen atoms in total. The van der Waals surface area contributed by atoms with Gasteiger partial charge < -0.3 is 4.74 Å². The fourth-order valence-electron chi connectivity index (χ4n) is 2.19. The van der Waals surface area contributed by atoms with E-state index in [0.29, 0.717) is 11.3 Å². The molecule has 0 unspecified atom stereocenters. The highest BCUT2D eigenvalue weighted by molar-refractivity contribution is 5.55. The molecule has 0 saturated heterocycles. The molecule has 2 heterocycles. The van der Waals surface area contributed by atoms with Crippen LogP contribution in [0, 0.1) is 6.92 Å². The van der Waals surface area contributed by atoms with Crippen LogP contribution >= 0.6 is 0 Å². The molecule has 0 aliphatic carbocycles. The zero-order valence-electron chi connectivity index (χ0n) is 13.6. The Bertz CT molecular complexity index is 951. The van der Waals surface area contributed by atoms with Gasteiger partial charge in [0.2, 0.25) is 0 Å². The molecule has 134 valence electrons. The quantitative estimate of drug-likeness (QED) is 0.714. The maximum atomic E-state index is 12.1. The van der Waals surface area contributed by atoms with Crippen LogP contribution in [0.15, 0.2) is 53.6 Å². The molecule has 0 N–H and O–H groups in total. The number of ether oxygens (including phenoxy) is 1. The number of rotatable bonds is 4. The minimum atomic E-state index is -4.86. The van der Waals surface area contributed by atoms with E-state index < -0.39 is 12.4 Å². The molecule has 0 bridgehead atoms. The molecule has 2 aromatic heterocycles. The van der Waals surface area contributed by atoms with E-state index >= 15 is 0 Å². The zero-order valence-corrected chi connectivity index (χ0v) is 13.6. The fraction of sp³-hybridized carbons (Fsp3) is 0.176. The van der Waals surface area contributed by atoms with E-state index in [1.807, 2.05) is 31.2 Å². The molecule has 1 aromatic carbocycles. The molecule has 0 spiro atoms. The van der Waals surface area contributed by atoms with E-state index in [2.05, 4.69) is 19.8 Å². The standard InChI is InChI=1S/C17H13F3N4O2/c1-11-2-4-12(5-3-11)10-24-15(25)7-6-14(23-24)13-8-21-16(22-9-13)26-17(18,19)20/h2-9H,10H2,1H3. The van der Waals surface area contributed by atoms with Gasteiger partial charge in [0, 0.05) is 24.0 Å². The van der Waals surface area contributed by atoms with Gasteiger partial charge in [-0.3, -0.25) is 4.79 Å². The first-order chi connectivity index (χ1) is 12.3. The topological polar surface area (TPSA) is 69.9 Å². The van der Waals surface area contributed by atoms with E-state index in [1.54, 1.807) is 0 Å². The SMILES string of the molecule is Cc1ccc(Cn2nc(-c3cnc(OC(F)(F)F)nc3)ccc2=O)cc1. The first-order valence-electron chi connectivity index (χ1n) is 7.52. The maximum absolute atomic E-state index is 12.1. The summed E-state index contributed by atoms with van der Waals surface area (Å²) in [5.41, 5.74) is 2.41. The van der Waals surface area contributed by atoms with Crippen molar-refractivity contribution in [2.45, 2.75) is 19.8 Å².